The number of hydrogen-bond acceptors (Lipinski definition) is 6. The predicted octanol–water partition coefficient (Wildman–Crippen LogP) is 5.19. The molecule has 1 spiro atoms. The summed E-state index contributed by atoms with van der Waals surface area (Å²) >= 11 is 1.74. The number of aromatic nitrogens is 2. The minimum atomic E-state index is -0.0000594. The Labute approximate surface area is 222 Å². The van der Waals surface area contributed by atoms with E-state index in [0.29, 0.717) is 11.5 Å². The second-order valence-electron chi connectivity index (χ2n) is 10.8. The van der Waals surface area contributed by atoms with E-state index in [-0.39, 0.29) is 11.3 Å². The SMILES string of the molecule is C=CC(=O)N1CC2(CCN(c3nc4c(c(-c5ccccc5C)c3C#N)CCC(c3scnc3C)C4)C2)C1. The first-order valence-corrected chi connectivity index (χ1v) is 13.9. The number of amides is 1. The third-order valence-corrected chi connectivity index (χ3v) is 9.60. The van der Waals surface area contributed by atoms with Crippen molar-refractivity contribution in [1.29, 1.82) is 5.26 Å². The summed E-state index contributed by atoms with van der Waals surface area (Å²) in [6.45, 7) is 11.0. The number of carbonyl (C=O) groups excluding carboxylic acids is 1. The van der Waals surface area contributed by atoms with Gasteiger partial charge < -0.3 is 9.80 Å². The van der Waals surface area contributed by atoms with E-state index in [1.165, 1.54) is 22.1 Å². The van der Waals surface area contributed by atoms with E-state index < -0.39 is 0 Å². The van der Waals surface area contributed by atoms with Crippen LogP contribution in [0.25, 0.3) is 11.1 Å². The Bertz CT molecular complexity index is 1440. The van der Waals surface area contributed by atoms with Crippen LogP contribution in [0.5, 0.6) is 0 Å². The number of nitrogens with zero attached hydrogens (tertiary/aromatic N) is 5. The van der Waals surface area contributed by atoms with Gasteiger partial charge in [-0.2, -0.15) is 5.26 Å². The monoisotopic (exact) mass is 509 g/mol. The van der Waals surface area contributed by atoms with Crippen molar-refractivity contribution in [2.45, 2.75) is 45.4 Å². The fraction of sp³-hybridized carbons (Fsp3) is 0.400. The lowest BCUT2D eigenvalue weighted by molar-refractivity contribution is -0.136. The average Bonchev–Trinajstić information content (AvgIpc) is 3.53. The third-order valence-electron chi connectivity index (χ3n) is 8.50. The van der Waals surface area contributed by atoms with Crippen molar-refractivity contribution in [3.63, 3.8) is 0 Å². The van der Waals surface area contributed by atoms with Crippen LogP contribution in [0, 0.1) is 30.6 Å². The maximum atomic E-state index is 12.1. The maximum Gasteiger partial charge on any atom is 0.245 e. The van der Waals surface area contributed by atoms with Crippen LogP contribution >= 0.6 is 11.3 Å². The minimum Gasteiger partial charge on any atom is -0.355 e. The Morgan fingerprint density at radius 3 is 2.78 bits per heavy atom. The minimum absolute atomic E-state index is 0.0000594. The van der Waals surface area contributed by atoms with Crippen molar-refractivity contribution in [2.24, 2.45) is 5.41 Å². The first-order chi connectivity index (χ1) is 17.9. The Balaban J connectivity index is 1.42. The molecule has 3 aromatic rings. The van der Waals surface area contributed by atoms with Gasteiger partial charge in [-0.1, -0.05) is 30.8 Å². The number of hydrogen-bond donors (Lipinski definition) is 0. The molecule has 7 heteroatoms. The van der Waals surface area contributed by atoms with Crippen LogP contribution in [-0.4, -0.2) is 47.0 Å². The van der Waals surface area contributed by atoms with Crippen LogP contribution in [-0.2, 0) is 17.6 Å². The van der Waals surface area contributed by atoms with Crippen molar-refractivity contribution in [1.82, 2.24) is 14.9 Å². The molecule has 188 valence electrons. The van der Waals surface area contributed by atoms with Crippen LogP contribution in [0.1, 0.15) is 51.7 Å². The quantitative estimate of drug-likeness (QED) is 0.453. The number of aryl methyl sites for hydroxylation is 2. The van der Waals surface area contributed by atoms with E-state index in [9.17, 15) is 10.1 Å². The van der Waals surface area contributed by atoms with Crippen LogP contribution in [0.2, 0.25) is 0 Å². The molecule has 3 aliphatic rings. The Kier molecular flexibility index (Phi) is 5.88. The summed E-state index contributed by atoms with van der Waals surface area (Å²) in [7, 11) is 0. The average molecular weight is 510 g/mol. The fourth-order valence-electron chi connectivity index (χ4n) is 6.58. The van der Waals surface area contributed by atoms with E-state index in [4.69, 9.17) is 4.98 Å². The zero-order chi connectivity index (χ0) is 25.7. The largest absolute Gasteiger partial charge is 0.355 e. The first-order valence-electron chi connectivity index (χ1n) is 13.0. The van der Waals surface area contributed by atoms with Gasteiger partial charge in [-0.15, -0.1) is 11.3 Å². The van der Waals surface area contributed by atoms with Gasteiger partial charge in [-0.3, -0.25) is 4.79 Å². The lowest BCUT2D eigenvalue weighted by Crippen LogP contribution is -2.59. The fourth-order valence-corrected chi connectivity index (χ4v) is 7.53. The first kappa shape index (κ1) is 23.9. The normalized spacial score (nSPS) is 19.9. The molecule has 2 saturated heterocycles. The number of fused-ring (bicyclic) bond motifs is 1. The molecule has 2 aromatic heterocycles. The second kappa shape index (κ2) is 9.11. The Morgan fingerprint density at radius 2 is 2.08 bits per heavy atom. The van der Waals surface area contributed by atoms with E-state index in [1.807, 2.05) is 10.4 Å². The molecule has 2 aliphatic heterocycles. The molecule has 4 heterocycles. The molecule has 0 bridgehead atoms. The number of pyridine rings is 1. The summed E-state index contributed by atoms with van der Waals surface area (Å²) in [6, 6.07) is 11.0. The highest BCUT2D eigenvalue weighted by Crippen LogP contribution is 2.46. The summed E-state index contributed by atoms with van der Waals surface area (Å²) in [5.41, 5.74) is 9.56. The second-order valence-corrected chi connectivity index (χ2v) is 11.7. The van der Waals surface area contributed by atoms with Crippen LogP contribution in [0.15, 0.2) is 42.4 Å². The van der Waals surface area contributed by atoms with Crippen LogP contribution in [0.3, 0.4) is 0 Å². The van der Waals surface area contributed by atoms with Crippen molar-refractivity contribution >= 4 is 23.1 Å². The lowest BCUT2D eigenvalue weighted by atomic mass is 9.79. The molecule has 0 radical (unpaired) electrons. The Morgan fingerprint density at radius 1 is 1.27 bits per heavy atom. The molecule has 2 fully saturated rings. The highest BCUT2D eigenvalue weighted by molar-refractivity contribution is 7.09. The van der Waals surface area contributed by atoms with Crippen molar-refractivity contribution in [3.05, 3.63) is 75.4 Å². The van der Waals surface area contributed by atoms with Crippen molar-refractivity contribution < 1.29 is 4.79 Å². The molecule has 0 N–H and O–H groups in total. The van der Waals surface area contributed by atoms with Gasteiger partial charge in [-0.25, -0.2) is 9.97 Å². The molecule has 6 nitrogen and oxygen atoms in total. The molecule has 37 heavy (non-hydrogen) atoms. The number of carbonyl (C=O) groups is 1. The zero-order valence-corrected chi connectivity index (χ0v) is 22.3. The maximum absolute atomic E-state index is 12.1. The third kappa shape index (κ3) is 3.95. The summed E-state index contributed by atoms with van der Waals surface area (Å²) in [4.78, 5) is 27.4. The van der Waals surface area contributed by atoms with E-state index in [2.05, 4.69) is 60.6 Å². The summed E-state index contributed by atoms with van der Waals surface area (Å²) in [6.07, 6.45) is 5.22. The molecule has 1 amide bonds. The smallest absolute Gasteiger partial charge is 0.245 e. The molecular formula is C30H31N5OS. The number of anilines is 1. The van der Waals surface area contributed by atoms with E-state index in [1.54, 1.807) is 11.3 Å². The highest BCUT2D eigenvalue weighted by Gasteiger charge is 2.49. The van der Waals surface area contributed by atoms with Gasteiger partial charge in [0.15, 0.2) is 0 Å². The highest BCUT2D eigenvalue weighted by atomic mass is 32.1. The van der Waals surface area contributed by atoms with Gasteiger partial charge in [0.05, 0.1) is 11.2 Å². The molecule has 0 saturated carbocycles. The number of nitriles is 1. The van der Waals surface area contributed by atoms with Crippen LogP contribution < -0.4 is 4.90 Å². The number of benzene rings is 1. The van der Waals surface area contributed by atoms with Gasteiger partial charge in [0.25, 0.3) is 0 Å². The number of thiazole rings is 1. The molecule has 1 atom stereocenters. The van der Waals surface area contributed by atoms with E-state index >= 15 is 0 Å². The molecular weight excluding hydrogens is 478 g/mol. The van der Waals surface area contributed by atoms with Crippen molar-refractivity contribution in [3.8, 4) is 17.2 Å². The predicted molar refractivity (Wildman–Crippen MR) is 147 cm³/mol. The summed E-state index contributed by atoms with van der Waals surface area (Å²) in [5, 5.41) is 10.5. The number of rotatable bonds is 4. The molecule has 1 aliphatic carbocycles. The standard InChI is InChI=1S/C30H31N5OS/c1-4-26(36)35-16-30(17-35)11-12-34(15-30)29-24(14-31)27(22-8-6-5-7-19(22)2)23-10-9-21(13-25(23)33-29)28-20(3)32-18-37-28/h4-8,18,21H,1,9-13,15-17H2,2-3H3. The zero-order valence-electron chi connectivity index (χ0n) is 21.5. The van der Waals surface area contributed by atoms with E-state index in [0.717, 1.165) is 80.2 Å². The topological polar surface area (TPSA) is 73.1 Å². The van der Waals surface area contributed by atoms with Crippen molar-refractivity contribution in [2.75, 3.05) is 31.1 Å². The lowest BCUT2D eigenvalue weighted by Gasteiger charge is -2.47. The summed E-state index contributed by atoms with van der Waals surface area (Å²) in [5.74, 6) is 1.22. The number of likely N-dealkylation sites (tertiary alicyclic amines) is 1. The molecule has 6 rings (SSSR count). The molecule has 1 aromatic carbocycles. The van der Waals surface area contributed by atoms with Gasteiger partial charge >= 0.3 is 0 Å². The van der Waals surface area contributed by atoms with Gasteiger partial charge in [0.1, 0.15) is 17.5 Å². The molecule has 1 unspecified atom stereocenters. The van der Waals surface area contributed by atoms with Gasteiger partial charge in [-0.05, 0) is 62.3 Å². The Hall–Kier alpha value is -3.50. The van der Waals surface area contributed by atoms with Gasteiger partial charge in [0.2, 0.25) is 5.91 Å². The summed E-state index contributed by atoms with van der Waals surface area (Å²) < 4.78 is 0. The van der Waals surface area contributed by atoms with Crippen LogP contribution in [0.4, 0.5) is 5.82 Å². The van der Waals surface area contributed by atoms with Gasteiger partial charge in [0, 0.05) is 53.6 Å².